The largest absolute Gasteiger partial charge is 0.398 e. The number of halogens is 1. The van der Waals surface area contributed by atoms with Crippen molar-refractivity contribution < 1.29 is 4.79 Å². The van der Waals surface area contributed by atoms with E-state index in [1.165, 1.54) is 0 Å². The quantitative estimate of drug-likeness (QED) is 0.662. The van der Waals surface area contributed by atoms with Crippen LogP contribution in [0.15, 0.2) is 30.9 Å². The second kappa shape index (κ2) is 5.73. The molecule has 0 spiro atoms. The fourth-order valence-corrected chi connectivity index (χ4v) is 1.73. The number of amides is 1. The maximum atomic E-state index is 12.3. The van der Waals surface area contributed by atoms with Crippen LogP contribution in [0.25, 0.3) is 0 Å². The van der Waals surface area contributed by atoms with Crippen LogP contribution in [0.3, 0.4) is 0 Å². The summed E-state index contributed by atoms with van der Waals surface area (Å²) in [6.07, 6.45) is 1.70. The zero-order valence-electron chi connectivity index (χ0n) is 10.1. The average molecular weight is 253 g/mol. The van der Waals surface area contributed by atoms with Crippen LogP contribution in [0.5, 0.6) is 0 Å². The standard InChI is InChI=1S/C13H17ClN2O/c1-4-7-16(9(2)3)13(17)11-6-5-10(14)8-12(11)15/h4-6,8-9H,1,7,15H2,2-3H3. The van der Waals surface area contributed by atoms with Gasteiger partial charge in [-0.2, -0.15) is 0 Å². The SMILES string of the molecule is C=CCN(C(=O)c1ccc(Cl)cc1N)C(C)C. The Kier molecular flexibility index (Phi) is 4.58. The maximum Gasteiger partial charge on any atom is 0.256 e. The number of nitrogens with two attached hydrogens (primary N) is 1. The lowest BCUT2D eigenvalue weighted by Crippen LogP contribution is -2.37. The monoisotopic (exact) mass is 252 g/mol. The lowest BCUT2D eigenvalue weighted by Gasteiger charge is -2.26. The van der Waals surface area contributed by atoms with Gasteiger partial charge in [0, 0.05) is 23.3 Å². The first-order valence-electron chi connectivity index (χ1n) is 5.44. The van der Waals surface area contributed by atoms with Gasteiger partial charge in [0.15, 0.2) is 0 Å². The Hall–Kier alpha value is -1.48. The molecule has 0 aliphatic carbocycles. The molecule has 0 aliphatic heterocycles. The van der Waals surface area contributed by atoms with Gasteiger partial charge in [-0.3, -0.25) is 4.79 Å². The summed E-state index contributed by atoms with van der Waals surface area (Å²) in [5.41, 5.74) is 6.68. The minimum atomic E-state index is -0.103. The van der Waals surface area contributed by atoms with Crippen LogP contribution in [0.1, 0.15) is 24.2 Å². The summed E-state index contributed by atoms with van der Waals surface area (Å²) in [5.74, 6) is -0.103. The summed E-state index contributed by atoms with van der Waals surface area (Å²) in [4.78, 5) is 14.0. The van der Waals surface area contributed by atoms with Crippen molar-refractivity contribution in [3.63, 3.8) is 0 Å². The zero-order chi connectivity index (χ0) is 13.0. The van der Waals surface area contributed by atoms with E-state index in [1.54, 1.807) is 29.2 Å². The summed E-state index contributed by atoms with van der Waals surface area (Å²) >= 11 is 5.80. The Balaban J connectivity index is 3.05. The Labute approximate surface area is 107 Å². The summed E-state index contributed by atoms with van der Waals surface area (Å²) in [7, 11) is 0. The van der Waals surface area contributed by atoms with Crippen LogP contribution in [-0.2, 0) is 0 Å². The number of rotatable bonds is 4. The first-order chi connectivity index (χ1) is 7.97. The van der Waals surface area contributed by atoms with E-state index in [0.29, 0.717) is 22.8 Å². The molecule has 0 aromatic heterocycles. The molecule has 0 unspecified atom stereocenters. The molecule has 92 valence electrons. The van der Waals surface area contributed by atoms with Gasteiger partial charge >= 0.3 is 0 Å². The van der Waals surface area contributed by atoms with Crippen LogP contribution in [-0.4, -0.2) is 23.4 Å². The highest BCUT2D eigenvalue weighted by Crippen LogP contribution is 2.20. The van der Waals surface area contributed by atoms with Crippen molar-refractivity contribution in [2.24, 2.45) is 0 Å². The highest BCUT2D eigenvalue weighted by Gasteiger charge is 2.19. The molecule has 0 atom stereocenters. The Morgan fingerprint density at radius 2 is 2.24 bits per heavy atom. The van der Waals surface area contributed by atoms with E-state index in [4.69, 9.17) is 17.3 Å². The number of anilines is 1. The lowest BCUT2D eigenvalue weighted by atomic mass is 10.1. The van der Waals surface area contributed by atoms with E-state index in [0.717, 1.165) is 0 Å². The van der Waals surface area contributed by atoms with Crippen LogP contribution < -0.4 is 5.73 Å². The molecular formula is C13H17ClN2O. The summed E-state index contributed by atoms with van der Waals surface area (Å²) in [6, 6.07) is 4.99. The predicted molar refractivity (Wildman–Crippen MR) is 72.2 cm³/mol. The maximum absolute atomic E-state index is 12.3. The lowest BCUT2D eigenvalue weighted by molar-refractivity contribution is 0.0730. The number of nitrogens with zero attached hydrogens (tertiary/aromatic N) is 1. The normalized spacial score (nSPS) is 10.4. The van der Waals surface area contributed by atoms with Gasteiger partial charge in [-0.15, -0.1) is 6.58 Å². The van der Waals surface area contributed by atoms with E-state index in [1.807, 2.05) is 13.8 Å². The third-order valence-corrected chi connectivity index (χ3v) is 2.69. The van der Waals surface area contributed by atoms with Gasteiger partial charge < -0.3 is 10.6 Å². The van der Waals surface area contributed by atoms with E-state index in [9.17, 15) is 4.79 Å². The molecule has 2 N–H and O–H groups in total. The molecule has 1 rings (SSSR count). The van der Waals surface area contributed by atoms with Gasteiger partial charge in [0.1, 0.15) is 0 Å². The second-order valence-electron chi connectivity index (χ2n) is 4.07. The van der Waals surface area contributed by atoms with Gasteiger partial charge in [0.05, 0.1) is 5.56 Å². The van der Waals surface area contributed by atoms with Crippen molar-refractivity contribution in [3.05, 3.63) is 41.4 Å². The van der Waals surface area contributed by atoms with Gasteiger partial charge in [-0.05, 0) is 32.0 Å². The van der Waals surface area contributed by atoms with E-state index < -0.39 is 0 Å². The molecule has 0 bridgehead atoms. The number of benzene rings is 1. The first-order valence-corrected chi connectivity index (χ1v) is 5.82. The summed E-state index contributed by atoms with van der Waals surface area (Å²) in [5, 5.41) is 0.527. The molecule has 0 fully saturated rings. The smallest absolute Gasteiger partial charge is 0.256 e. The van der Waals surface area contributed by atoms with Crippen molar-refractivity contribution in [2.45, 2.75) is 19.9 Å². The van der Waals surface area contributed by atoms with Gasteiger partial charge in [-0.1, -0.05) is 17.7 Å². The molecule has 1 aromatic rings. The number of hydrogen-bond acceptors (Lipinski definition) is 2. The number of hydrogen-bond donors (Lipinski definition) is 1. The summed E-state index contributed by atoms with van der Waals surface area (Å²) in [6.45, 7) is 8.05. The number of nitrogen functional groups attached to an aromatic ring is 1. The van der Waals surface area contributed by atoms with Crippen molar-refractivity contribution in [3.8, 4) is 0 Å². The molecule has 0 heterocycles. The van der Waals surface area contributed by atoms with Crippen molar-refractivity contribution in [2.75, 3.05) is 12.3 Å². The fourth-order valence-electron chi connectivity index (χ4n) is 1.55. The van der Waals surface area contributed by atoms with Crippen LogP contribution >= 0.6 is 11.6 Å². The molecule has 1 amide bonds. The molecule has 0 saturated heterocycles. The number of carbonyl (C=O) groups is 1. The Morgan fingerprint density at radius 3 is 2.71 bits per heavy atom. The average Bonchev–Trinajstić information content (AvgIpc) is 2.24. The van der Waals surface area contributed by atoms with Crippen LogP contribution in [0, 0.1) is 0 Å². The Bertz CT molecular complexity index is 429. The molecule has 3 nitrogen and oxygen atoms in total. The third-order valence-electron chi connectivity index (χ3n) is 2.45. The van der Waals surface area contributed by atoms with Crippen molar-refractivity contribution in [1.82, 2.24) is 4.90 Å². The van der Waals surface area contributed by atoms with E-state index in [-0.39, 0.29) is 11.9 Å². The van der Waals surface area contributed by atoms with Crippen molar-refractivity contribution >= 4 is 23.2 Å². The number of carbonyl (C=O) groups excluding carboxylic acids is 1. The minimum Gasteiger partial charge on any atom is -0.398 e. The van der Waals surface area contributed by atoms with Crippen molar-refractivity contribution in [1.29, 1.82) is 0 Å². The van der Waals surface area contributed by atoms with E-state index >= 15 is 0 Å². The van der Waals surface area contributed by atoms with Gasteiger partial charge in [0.2, 0.25) is 0 Å². The molecule has 0 radical (unpaired) electrons. The minimum absolute atomic E-state index is 0.0931. The molecule has 17 heavy (non-hydrogen) atoms. The predicted octanol–water partition coefficient (Wildman–Crippen LogP) is 2.96. The van der Waals surface area contributed by atoms with Gasteiger partial charge in [-0.25, -0.2) is 0 Å². The molecule has 4 heteroatoms. The molecule has 1 aromatic carbocycles. The summed E-state index contributed by atoms with van der Waals surface area (Å²) < 4.78 is 0. The molecule has 0 aliphatic rings. The molecule has 0 saturated carbocycles. The topological polar surface area (TPSA) is 46.3 Å². The zero-order valence-corrected chi connectivity index (χ0v) is 10.9. The second-order valence-corrected chi connectivity index (χ2v) is 4.51. The van der Waals surface area contributed by atoms with Crippen LogP contribution in [0.4, 0.5) is 5.69 Å². The van der Waals surface area contributed by atoms with Gasteiger partial charge in [0.25, 0.3) is 5.91 Å². The third kappa shape index (κ3) is 3.24. The first kappa shape index (κ1) is 13.6. The van der Waals surface area contributed by atoms with E-state index in [2.05, 4.69) is 6.58 Å². The Morgan fingerprint density at radius 1 is 1.59 bits per heavy atom. The highest BCUT2D eigenvalue weighted by molar-refractivity contribution is 6.31. The van der Waals surface area contributed by atoms with Crippen LogP contribution in [0.2, 0.25) is 5.02 Å². The molecular weight excluding hydrogens is 236 g/mol. The fraction of sp³-hybridized carbons (Fsp3) is 0.308. The highest BCUT2D eigenvalue weighted by atomic mass is 35.5.